The Balaban J connectivity index is 3.35. The van der Waals surface area contributed by atoms with E-state index < -0.39 is 34.3 Å². The normalized spacial score (nSPS) is 13.6. The SMILES string of the molecule is CC(=O)C(Cl)c1cc(F)ccc1C(F)(F)F. The van der Waals surface area contributed by atoms with Gasteiger partial charge in [0.1, 0.15) is 11.2 Å². The zero-order valence-electron chi connectivity index (χ0n) is 8.11. The molecule has 0 radical (unpaired) electrons. The lowest BCUT2D eigenvalue weighted by atomic mass is 10.0. The molecule has 0 aliphatic carbocycles. The van der Waals surface area contributed by atoms with E-state index >= 15 is 0 Å². The summed E-state index contributed by atoms with van der Waals surface area (Å²) in [6, 6.07) is 1.88. The van der Waals surface area contributed by atoms with E-state index in [1.54, 1.807) is 0 Å². The molecule has 0 spiro atoms. The van der Waals surface area contributed by atoms with E-state index in [9.17, 15) is 22.4 Å². The summed E-state index contributed by atoms with van der Waals surface area (Å²) in [4.78, 5) is 10.9. The van der Waals surface area contributed by atoms with Gasteiger partial charge in [-0.1, -0.05) is 0 Å². The second kappa shape index (κ2) is 4.41. The van der Waals surface area contributed by atoms with Crippen LogP contribution in [0.1, 0.15) is 23.4 Å². The Bertz CT molecular complexity index is 414. The van der Waals surface area contributed by atoms with Gasteiger partial charge >= 0.3 is 6.18 Å². The van der Waals surface area contributed by atoms with Crippen LogP contribution in [-0.4, -0.2) is 5.78 Å². The van der Waals surface area contributed by atoms with Crippen molar-refractivity contribution in [2.75, 3.05) is 0 Å². The number of carbonyl (C=O) groups excluding carboxylic acids is 1. The molecular formula is C10H7ClF4O. The number of alkyl halides is 4. The van der Waals surface area contributed by atoms with E-state index in [0.29, 0.717) is 18.2 Å². The van der Waals surface area contributed by atoms with Crippen LogP contribution in [0.4, 0.5) is 17.6 Å². The van der Waals surface area contributed by atoms with Gasteiger partial charge in [-0.05, 0) is 30.7 Å². The van der Waals surface area contributed by atoms with Crippen molar-refractivity contribution in [3.8, 4) is 0 Å². The maximum atomic E-state index is 12.8. The maximum Gasteiger partial charge on any atom is 0.416 e. The van der Waals surface area contributed by atoms with Crippen LogP contribution in [0.3, 0.4) is 0 Å². The first-order chi connectivity index (χ1) is 7.23. The Morgan fingerprint density at radius 3 is 2.38 bits per heavy atom. The van der Waals surface area contributed by atoms with Gasteiger partial charge in [0.15, 0.2) is 5.78 Å². The van der Waals surface area contributed by atoms with Crippen molar-refractivity contribution in [3.63, 3.8) is 0 Å². The number of Topliss-reactive ketones (excluding diaryl/α,β-unsaturated/α-hetero) is 1. The third-order valence-corrected chi connectivity index (χ3v) is 2.49. The van der Waals surface area contributed by atoms with Gasteiger partial charge in [0.2, 0.25) is 0 Å². The molecule has 1 nitrogen and oxygen atoms in total. The molecule has 1 aromatic carbocycles. The van der Waals surface area contributed by atoms with Gasteiger partial charge in [0.05, 0.1) is 5.56 Å². The van der Waals surface area contributed by atoms with Crippen LogP contribution in [0.25, 0.3) is 0 Å². The van der Waals surface area contributed by atoms with Crippen LogP contribution >= 0.6 is 11.6 Å². The highest BCUT2D eigenvalue weighted by Gasteiger charge is 2.35. The van der Waals surface area contributed by atoms with E-state index in [1.807, 2.05) is 0 Å². The van der Waals surface area contributed by atoms with E-state index in [-0.39, 0.29) is 0 Å². The van der Waals surface area contributed by atoms with E-state index in [1.165, 1.54) is 0 Å². The van der Waals surface area contributed by atoms with Crippen LogP contribution in [0.15, 0.2) is 18.2 Å². The average molecular weight is 255 g/mol. The van der Waals surface area contributed by atoms with Gasteiger partial charge < -0.3 is 0 Å². The van der Waals surface area contributed by atoms with Crippen LogP contribution in [0.2, 0.25) is 0 Å². The fraction of sp³-hybridized carbons (Fsp3) is 0.300. The van der Waals surface area contributed by atoms with Gasteiger partial charge in [-0.3, -0.25) is 4.79 Å². The summed E-state index contributed by atoms with van der Waals surface area (Å²) >= 11 is 5.51. The fourth-order valence-electron chi connectivity index (χ4n) is 1.22. The average Bonchev–Trinajstić information content (AvgIpc) is 2.14. The number of benzene rings is 1. The molecule has 0 fully saturated rings. The molecule has 1 atom stereocenters. The van der Waals surface area contributed by atoms with Crippen LogP contribution in [0.5, 0.6) is 0 Å². The zero-order valence-corrected chi connectivity index (χ0v) is 8.86. The van der Waals surface area contributed by atoms with Crippen molar-refractivity contribution in [3.05, 3.63) is 35.1 Å². The van der Waals surface area contributed by atoms with Crippen molar-refractivity contribution in [2.45, 2.75) is 18.5 Å². The van der Waals surface area contributed by atoms with Crippen molar-refractivity contribution < 1.29 is 22.4 Å². The molecular weight excluding hydrogens is 248 g/mol. The van der Waals surface area contributed by atoms with Crippen molar-refractivity contribution in [1.29, 1.82) is 0 Å². The third-order valence-electron chi connectivity index (χ3n) is 1.95. The molecule has 0 amide bonds. The Labute approximate surface area is 94.0 Å². The lowest BCUT2D eigenvalue weighted by Gasteiger charge is -2.15. The fourth-order valence-corrected chi connectivity index (χ4v) is 1.40. The molecule has 0 aromatic heterocycles. The molecule has 0 aliphatic rings. The lowest BCUT2D eigenvalue weighted by molar-refractivity contribution is -0.138. The molecule has 88 valence electrons. The van der Waals surface area contributed by atoms with Gasteiger partial charge in [-0.2, -0.15) is 13.2 Å². The first-order valence-corrected chi connectivity index (χ1v) is 4.68. The highest BCUT2D eigenvalue weighted by atomic mass is 35.5. The molecule has 0 saturated heterocycles. The number of carbonyl (C=O) groups is 1. The van der Waals surface area contributed by atoms with Crippen LogP contribution in [0, 0.1) is 5.82 Å². The predicted molar refractivity (Wildman–Crippen MR) is 50.7 cm³/mol. The van der Waals surface area contributed by atoms with E-state index in [2.05, 4.69) is 0 Å². The molecule has 0 heterocycles. The minimum atomic E-state index is -4.66. The minimum absolute atomic E-state index is 0.554. The number of hydrogen-bond donors (Lipinski definition) is 0. The molecule has 16 heavy (non-hydrogen) atoms. The summed E-state index contributed by atoms with van der Waals surface area (Å²) in [6.45, 7) is 1.04. The predicted octanol–water partition coefficient (Wildman–Crippen LogP) is 3.71. The number of ketones is 1. The summed E-state index contributed by atoms with van der Waals surface area (Å²) in [7, 11) is 0. The Morgan fingerprint density at radius 1 is 1.38 bits per heavy atom. The summed E-state index contributed by atoms with van der Waals surface area (Å²) in [5.41, 5.74) is -1.65. The van der Waals surface area contributed by atoms with Gasteiger partial charge in [0, 0.05) is 0 Å². The molecule has 6 heteroatoms. The highest BCUT2D eigenvalue weighted by Crippen LogP contribution is 2.37. The lowest BCUT2D eigenvalue weighted by Crippen LogP contribution is -2.13. The smallest absolute Gasteiger partial charge is 0.298 e. The van der Waals surface area contributed by atoms with Crippen molar-refractivity contribution >= 4 is 17.4 Å². The topological polar surface area (TPSA) is 17.1 Å². The summed E-state index contributed by atoms with van der Waals surface area (Å²) < 4.78 is 50.4. The number of halogens is 5. The number of rotatable bonds is 2. The molecule has 0 saturated carbocycles. The van der Waals surface area contributed by atoms with Gasteiger partial charge in [0.25, 0.3) is 0 Å². The largest absolute Gasteiger partial charge is 0.416 e. The first kappa shape index (κ1) is 13.0. The first-order valence-electron chi connectivity index (χ1n) is 4.24. The quantitative estimate of drug-likeness (QED) is 0.581. The van der Waals surface area contributed by atoms with E-state index in [0.717, 1.165) is 6.92 Å². The zero-order chi connectivity index (χ0) is 12.5. The van der Waals surface area contributed by atoms with Gasteiger partial charge in [-0.15, -0.1) is 11.6 Å². The van der Waals surface area contributed by atoms with Gasteiger partial charge in [-0.25, -0.2) is 4.39 Å². The maximum absolute atomic E-state index is 12.8. The third kappa shape index (κ3) is 2.72. The van der Waals surface area contributed by atoms with Crippen LogP contribution in [-0.2, 0) is 11.0 Å². The highest BCUT2D eigenvalue weighted by molar-refractivity contribution is 6.30. The summed E-state index contributed by atoms with van der Waals surface area (Å²) in [5.74, 6) is -1.53. The molecule has 0 bridgehead atoms. The molecule has 1 unspecified atom stereocenters. The molecule has 0 N–H and O–H groups in total. The molecule has 0 aliphatic heterocycles. The Kier molecular flexibility index (Phi) is 3.57. The van der Waals surface area contributed by atoms with Crippen molar-refractivity contribution in [2.24, 2.45) is 0 Å². The van der Waals surface area contributed by atoms with Crippen LogP contribution < -0.4 is 0 Å². The number of hydrogen-bond acceptors (Lipinski definition) is 1. The van der Waals surface area contributed by atoms with E-state index in [4.69, 9.17) is 11.6 Å². The summed E-state index contributed by atoms with van der Waals surface area (Å²) in [5, 5.41) is -1.49. The Morgan fingerprint density at radius 2 is 1.94 bits per heavy atom. The second-order valence-electron chi connectivity index (χ2n) is 3.20. The summed E-state index contributed by atoms with van der Waals surface area (Å²) in [6.07, 6.45) is -4.66. The minimum Gasteiger partial charge on any atom is -0.298 e. The monoisotopic (exact) mass is 254 g/mol. The Hall–Kier alpha value is -1.10. The molecule has 1 rings (SSSR count). The standard InChI is InChI=1S/C10H7ClF4O/c1-5(16)9(11)7-4-6(12)2-3-8(7)10(13,14)15/h2-4,9H,1H3. The van der Waals surface area contributed by atoms with Crippen molar-refractivity contribution in [1.82, 2.24) is 0 Å². The second-order valence-corrected chi connectivity index (χ2v) is 3.64. The molecule has 1 aromatic rings.